The van der Waals surface area contributed by atoms with Gasteiger partial charge in [-0.05, 0) is 37.8 Å². The quantitative estimate of drug-likeness (QED) is 0.765. The number of aromatic nitrogens is 2. The van der Waals surface area contributed by atoms with E-state index in [1.165, 1.54) is 17.1 Å². The van der Waals surface area contributed by atoms with Gasteiger partial charge in [0.05, 0.1) is 17.6 Å². The average molecular weight is 423 g/mol. The van der Waals surface area contributed by atoms with E-state index in [-0.39, 0.29) is 29.3 Å². The van der Waals surface area contributed by atoms with Crippen molar-refractivity contribution in [1.29, 1.82) is 0 Å². The highest BCUT2D eigenvalue weighted by Gasteiger charge is 2.35. The van der Waals surface area contributed by atoms with Crippen LogP contribution in [0.1, 0.15) is 51.4 Å². The maximum absolute atomic E-state index is 13.2. The Morgan fingerprint density at radius 2 is 1.86 bits per heavy atom. The summed E-state index contributed by atoms with van der Waals surface area (Å²) in [6.07, 6.45) is 8.25. The van der Waals surface area contributed by atoms with Gasteiger partial charge in [-0.25, -0.2) is 8.42 Å². The highest BCUT2D eigenvalue weighted by Crippen LogP contribution is 2.28. The molecule has 2 aliphatic rings. The molecule has 1 saturated heterocycles. The summed E-state index contributed by atoms with van der Waals surface area (Å²) >= 11 is 1.01. The molecule has 0 unspecified atom stereocenters. The second-order valence-corrected chi connectivity index (χ2v) is 10.2. The van der Waals surface area contributed by atoms with E-state index in [9.17, 15) is 13.2 Å². The predicted molar refractivity (Wildman–Crippen MR) is 109 cm³/mol. The molecule has 7 nitrogen and oxygen atoms in total. The number of hydrogen-bond acceptors (Lipinski definition) is 6. The van der Waals surface area contributed by atoms with E-state index in [1.54, 1.807) is 18.2 Å². The van der Waals surface area contributed by atoms with Gasteiger partial charge in [0, 0.05) is 19.1 Å². The molecule has 0 bridgehead atoms. The van der Waals surface area contributed by atoms with Crippen LogP contribution in [0.15, 0.2) is 23.1 Å². The number of rotatable bonds is 4. The van der Waals surface area contributed by atoms with Crippen LogP contribution >= 0.6 is 11.7 Å². The summed E-state index contributed by atoms with van der Waals surface area (Å²) in [4.78, 5) is 13.0. The number of carbonyl (C=O) groups excluding carboxylic acids is 1. The number of piperidine rings is 1. The van der Waals surface area contributed by atoms with E-state index in [1.807, 2.05) is 0 Å². The molecule has 1 aliphatic heterocycles. The maximum atomic E-state index is 13.2. The second-order valence-electron chi connectivity index (χ2n) is 7.79. The van der Waals surface area contributed by atoms with Gasteiger partial charge >= 0.3 is 0 Å². The monoisotopic (exact) mass is 422 g/mol. The Hall–Kier alpha value is -1.58. The summed E-state index contributed by atoms with van der Waals surface area (Å²) < 4.78 is 36.2. The molecule has 1 amide bonds. The molecular weight excluding hydrogens is 396 g/mol. The number of fused-ring (bicyclic) bond motifs is 1. The highest BCUT2D eigenvalue weighted by molar-refractivity contribution is 7.89. The Kier molecular flexibility index (Phi) is 5.93. The van der Waals surface area contributed by atoms with Gasteiger partial charge in [-0.15, -0.1) is 0 Å². The summed E-state index contributed by atoms with van der Waals surface area (Å²) in [5.41, 5.74) is 1.00. The molecule has 9 heteroatoms. The van der Waals surface area contributed by atoms with Crippen molar-refractivity contribution in [1.82, 2.24) is 18.4 Å². The van der Waals surface area contributed by atoms with Crippen LogP contribution < -0.4 is 5.32 Å². The number of nitrogens with one attached hydrogen (secondary N) is 1. The largest absolute Gasteiger partial charge is 0.353 e. The van der Waals surface area contributed by atoms with Gasteiger partial charge in [-0.3, -0.25) is 4.79 Å². The fourth-order valence-electron chi connectivity index (χ4n) is 4.25. The maximum Gasteiger partial charge on any atom is 0.245 e. The molecule has 0 spiro atoms. The molecular formula is C19H26N4O3S2. The molecule has 2 aromatic rings. The zero-order chi connectivity index (χ0) is 19.6. The first-order valence-electron chi connectivity index (χ1n) is 10.1. The van der Waals surface area contributed by atoms with E-state index < -0.39 is 10.0 Å². The van der Waals surface area contributed by atoms with Crippen molar-refractivity contribution in [3.05, 3.63) is 18.2 Å². The van der Waals surface area contributed by atoms with E-state index in [2.05, 4.69) is 14.1 Å². The van der Waals surface area contributed by atoms with Gasteiger partial charge in [0.25, 0.3) is 0 Å². The minimum atomic E-state index is -3.71. The van der Waals surface area contributed by atoms with Gasteiger partial charge in [-0.1, -0.05) is 31.7 Å². The lowest BCUT2D eigenvalue weighted by atomic mass is 9.97. The minimum absolute atomic E-state index is 0.000309. The van der Waals surface area contributed by atoms with Gasteiger partial charge in [0.1, 0.15) is 15.9 Å². The molecule has 0 radical (unpaired) electrons. The van der Waals surface area contributed by atoms with Crippen molar-refractivity contribution in [3.63, 3.8) is 0 Å². The number of hydrogen-bond donors (Lipinski definition) is 1. The zero-order valence-corrected chi connectivity index (χ0v) is 17.5. The molecule has 1 aliphatic carbocycles. The summed E-state index contributed by atoms with van der Waals surface area (Å²) in [6.45, 7) is 0.665. The Bertz CT molecular complexity index is 936. The van der Waals surface area contributed by atoms with Crippen LogP contribution in [0, 0.1) is 5.92 Å². The number of benzene rings is 1. The van der Waals surface area contributed by atoms with Crippen molar-refractivity contribution in [2.75, 3.05) is 13.1 Å². The Morgan fingerprint density at radius 3 is 2.64 bits per heavy atom. The number of amides is 1. The standard InChI is InChI=1S/C19H26N4O3S2/c24-19(20-15-8-3-1-2-4-9-15)14-7-6-12-23(13-14)28(25,26)17-11-5-10-16-18(17)22-27-21-16/h5,10-11,14-15H,1-4,6-9,12-13H2,(H,20,24)/t14-/m1/s1. The first-order chi connectivity index (χ1) is 13.6. The van der Waals surface area contributed by atoms with Gasteiger partial charge in [0.15, 0.2) is 0 Å². The van der Waals surface area contributed by atoms with Crippen molar-refractivity contribution >= 4 is 38.7 Å². The average Bonchev–Trinajstić information content (AvgIpc) is 3.05. The fourth-order valence-corrected chi connectivity index (χ4v) is 6.52. The minimum Gasteiger partial charge on any atom is -0.353 e. The lowest BCUT2D eigenvalue weighted by molar-refractivity contribution is -0.126. The van der Waals surface area contributed by atoms with E-state index >= 15 is 0 Å². The van der Waals surface area contributed by atoms with E-state index in [0.29, 0.717) is 24.0 Å². The number of sulfonamides is 1. The van der Waals surface area contributed by atoms with Gasteiger partial charge < -0.3 is 5.32 Å². The predicted octanol–water partition coefficient (Wildman–Crippen LogP) is 2.93. The summed E-state index contributed by atoms with van der Waals surface area (Å²) in [6, 6.07) is 5.26. The van der Waals surface area contributed by atoms with Crippen molar-refractivity contribution in [2.24, 2.45) is 5.92 Å². The first-order valence-corrected chi connectivity index (χ1v) is 12.2. The van der Waals surface area contributed by atoms with E-state index in [0.717, 1.165) is 43.8 Å². The third-order valence-corrected chi connectivity index (χ3v) is 8.26. The third-order valence-electron chi connectivity index (χ3n) is 5.82. The molecule has 2 fully saturated rings. The third kappa shape index (κ3) is 4.06. The lowest BCUT2D eigenvalue weighted by Gasteiger charge is -2.32. The smallest absolute Gasteiger partial charge is 0.245 e. The van der Waals surface area contributed by atoms with Crippen molar-refractivity contribution in [2.45, 2.75) is 62.3 Å². The SMILES string of the molecule is O=C(NC1CCCCCC1)[C@@H]1CCCN(S(=O)(=O)c2cccc3nsnc23)C1. The first kappa shape index (κ1) is 19.7. The molecule has 1 saturated carbocycles. The number of nitrogens with zero attached hydrogens (tertiary/aromatic N) is 3. The summed E-state index contributed by atoms with van der Waals surface area (Å²) in [5, 5.41) is 3.18. The Morgan fingerprint density at radius 1 is 1.07 bits per heavy atom. The topological polar surface area (TPSA) is 92.3 Å². The van der Waals surface area contributed by atoms with Crippen LogP contribution in [0.4, 0.5) is 0 Å². The van der Waals surface area contributed by atoms with Crippen molar-refractivity contribution in [3.8, 4) is 0 Å². The number of carbonyl (C=O) groups is 1. The molecule has 2 heterocycles. The van der Waals surface area contributed by atoms with Gasteiger partial charge in [-0.2, -0.15) is 13.1 Å². The zero-order valence-electron chi connectivity index (χ0n) is 15.8. The normalized spacial score (nSPS) is 22.8. The Balaban J connectivity index is 1.48. The van der Waals surface area contributed by atoms with Crippen LogP contribution in [-0.4, -0.2) is 46.5 Å². The van der Waals surface area contributed by atoms with Crippen LogP contribution in [0.25, 0.3) is 11.0 Å². The van der Waals surface area contributed by atoms with Crippen LogP contribution in [-0.2, 0) is 14.8 Å². The van der Waals surface area contributed by atoms with E-state index in [4.69, 9.17) is 0 Å². The molecule has 4 rings (SSSR count). The van der Waals surface area contributed by atoms with Crippen molar-refractivity contribution < 1.29 is 13.2 Å². The summed E-state index contributed by atoms with van der Waals surface area (Å²) in [5.74, 6) is -0.292. The molecule has 152 valence electrons. The Labute approximate surface area is 169 Å². The molecule has 1 aromatic carbocycles. The molecule has 1 atom stereocenters. The van der Waals surface area contributed by atoms with Gasteiger partial charge in [0.2, 0.25) is 15.9 Å². The highest BCUT2D eigenvalue weighted by atomic mass is 32.2. The second kappa shape index (κ2) is 8.42. The van der Waals surface area contributed by atoms with Crippen LogP contribution in [0.5, 0.6) is 0 Å². The molecule has 1 N–H and O–H groups in total. The van der Waals surface area contributed by atoms with Crippen LogP contribution in [0.3, 0.4) is 0 Å². The fraction of sp³-hybridized carbons (Fsp3) is 0.632. The van der Waals surface area contributed by atoms with Crippen LogP contribution in [0.2, 0.25) is 0 Å². The molecule has 1 aromatic heterocycles. The molecule has 28 heavy (non-hydrogen) atoms. The lowest BCUT2D eigenvalue weighted by Crippen LogP contribution is -2.47. The summed E-state index contributed by atoms with van der Waals surface area (Å²) in [7, 11) is -3.71.